The van der Waals surface area contributed by atoms with E-state index in [2.05, 4.69) is 0 Å². The van der Waals surface area contributed by atoms with Gasteiger partial charge in [-0.2, -0.15) is 4.31 Å². The maximum atomic E-state index is 12.4. The van der Waals surface area contributed by atoms with Gasteiger partial charge < -0.3 is 9.69 Å². The molecule has 0 aliphatic carbocycles. The van der Waals surface area contributed by atoms with Crippen LogP contribution in [0.25, 0.3) is 0 Å². The zero-order valence-electron chi connectivity index (χ0n) is 12.1. The number of halogens is 1. The molecule has 1 amide bonds. The van der Waals surface area contributed by atoms with Crippen LogP contribution in [0, 0.1) is 0 Å². The van der Waals surface area contributed by atoms with Crippen molar-refractivity contribution >= 4 is 44.7 Å². The van der Waals surface area contributed by atoms with Gasteiger partial charge in [-0.05, 0) is 19.1 Å². The summed E-state index contributed by atoms with van der Waals surface area (Å²) in [5.74, 6) is -0.129. The Bertz CT molecular complexity index is 663. The summed E-state index contributed by atoms with van der Waals surface area (Å²) in [6, 6.07) is 3.05. The van der Waals surface area contributed by atoms with Crippen LogP contribution in [-0.4, -0.2) is 55.5 Å². The molecule has 9 heteroatoms. The molecule has 1 fully saturated rings. The normalized spacial score (nSPS) is 16.7. The van der Waals surface area contributed by atoms with Crippen LogP contribution in [-0.2, 0) is 19.6 Å². The smallest absolute Gasteiger partial charge is 0.252 e. The number of rotatable bonds is 5. The number of amides is 1. The summed E-state index contributed by atoms with van der Waals surface area (Å²) in [5, 5.41) is 0. The molecule has 2 rings (SSSR count). The van der Waals surface area contributed by atoms with Crippen molar-refractivity contribution in [1.29, 1.82) is 0 Å². The van der Waals surface area contributed by atoms with Gasteiger partial charge in [-0.3, -0.25) is 4.79 Å². The first-order valence-corrected chi connectivity index (χ1v) is 9.47. The first kappa shape index (κ1) is 17.4. The van der Waals surface area contributed by atoms with E-state index in [1.807, 2.05) is 0 Å². The number of hydrogen-bond donors (Lipinski definition) is 0. The van der Waals surface area contributed by atoms with Crippen molar-refractivity contribution in [2.45, 2.75) is 24.0 Å². The van der Waals surface area contributed by atoms with Gasteiger partial charge >= 0.3 is 0 Å². The number of Topliss-reactive ketones (excluding diaryl/α,β-unsaturated/α-hetero) is 1. The molecule has 0 spiro atoms. The molecule has 0 bridgehead atoms. The van der Waals surface area contributed by atoms with Gasteiger partial charge in [-0.25, -0.2) is 8.42 Å². The summed E-state index contributed by atoms with van der Waals surface area (Å²) < 4.78 is 26.9. The summed E-state index contributed by atoms with van der Waals surface area (Å²) in [4.78, 5) is 24.4. The highest BCUT2D eigenvalue weighted by Gasteiger charge is 2.30. The number of ketones is 1. The molecule has 0 saturated carbocycles. The van der Waals surface area contributed by atoms with Crippen molar-refractivity contribution in [2.75, 3.05) is 26.2 Å². The second kappa shape index (κ2) is 7.08. The van der Waals surface area contributed by atoms with Gasteiger partial charge in [0.05, 0.1) is 4.34 Å². The van der Waals surface area contributed by atoms with Crippen molar-refractivity contribution in [3.63, 3.8) is 0 Å². The van der Waals surface area contributed by atoms with Gasteiger partial charge in [-0.15, -0.1) is 11.3 Å². The molecule has 1 aliphatic heterocycles. The van der Waals surface area contributed by atoms with Gasteiger partial charge in [0, 0.05) is 39.0 Å². The van der Waals surface area contributed by atoms with E-state index >= 15 is 0 Å². The van der Waals surface area contributed by atoms with E-state index < -0.39 is 10.0 Å². The maximum Gasteiger partial charge on any atom is 0.252 e. The van der Waals surface area contributed by atoms with Gasteiger partial charge in [0.2, 0.25) is 5.91 Å². The Kier molecular flexibility index (Phi) is 5.60. The lowest BCUT2D eigenvalue weighted by molar-refractivity contribution is -0.134. The van der Waals surface area contributed by atoms with Crippen molar-refractivity contribution < 1.29 is 18.0 Å². The molecule has 1 aromatic rings. The fourth-order valence-corrected chi connectivity index (χ4v) is 5.24. The Labute approximate surface area is 138 Å². The molecule has 1 aromatic heterocycles. The molecule has 0 atom stereocenters. The van der Waals surface area contributed by atoms with Crippen LogP contribution in [0.5, 0.6) is 0 Å². The molecular formula is C13H17ClN2O4S2. The van der Waals surface area contributed by atoms with Gasteiger partial charge in [0.15, 0.2) is 0 Å². The minimum atomic E-state index is -3.54. The molecule has 1 aliphatic rings. The molecule has 0 radical (unpaired) electrons. The lowest BCUT2D eigenvalue weighted by Crippen LogP contribution is -2.50. The van der Waals surface area contributed by atoms with Crippen LogP contribution in [0.2, 0.25) is 4.34 Å². The fourth-order valence-electron chi connectivity index (χ4n) is 2.18. The third-order valence-corrected chi connectivity index (χ3v) is 7.02. The highest BCUT2D eigenvalue weighted by Crippen LogP contribution is 2.28. The average Bonchev–Trinajstić information content (AvgIpc) is 2.92. The standard InChI is InChI=1S/C13H17ClN2O4S2/c1-10(17)2-4-12(18)15-6-8-16(9-7-15)22(19,20)13-5-3-11(14)21-13/h3,5H,2,4,6-9H2,1H3. The lowest BCUT2D eigenvalue weighted by atomic mass is 10.2. The van der Waals surface area contributed by atoms with Crippen LogP contribution < -0.4 is 0 Å². The van der Waals surface area contributed by atoms with Crippen LogP contribution in [0.4, 0.5) is 0 Å². The Hall–Kier alpha value is -0.960. The summed E-state index contributed by atoms with van der Waals surface area (Å²) >= 11 is 6.81. The van der Waals surface area contributed by atoms with E-state index in [1.54, 1.807) is 11.0 Å². The molecule has 0 unspecified atom stereocenters. The predicted octanol–water partition coefficient (Wildman–Crippen LogP) is 1.60. The van der Waals surface area contributed by atoms with E-state index in [-0.39, 0.29) is 41.8 Å². The third kappa shape index (κ3) is 4.07. The molecule has 22 heavy (non-hydrogen) atoms. The first-order valence-electron chi connectivity index (χ1n) is 6.83. The van der Waals surface area contributed by atoms with Crippen molar-refractivity contribution in [3.8, 4) is 0 Å². The van der Waals surface area contributed by atoms with E-state index in [1.165, 1.54) is 17.3 Å². The number of nitrogens with zero attached hydrogens (tertiary/aromatic N) is 2. The summed E-state index contributed by atoms with van der Waals surface area (Å²) in [6.07, 6.45) is 0.410. The Morgan fingerprint density at radius 3 is 2.32 bits per heavy atom. The SMILES string of the molecule is CC(=O)CCC(=O)N1CCN(S(=O)(=O)c2ccc(Cl)s2)CC1. The van der Waals surface area contributed by atoms with Crippen molar-refractivity contribution in [2.24, 2.45) is 0 Å². The van der Waals surface area contributed by atoms with Crippen molar-refractivity contribution in [3.05, 3.63) is 16.5 Å². The maximum absolute atomic E-state index is 12.4. The molecule has 6 nitrogen and oxygen atoms in total. The zero-order valence-corrected chi connectivity index (χ0v) is 14.5. The number of sulfonamides is 1. The van der Waals surface area contributed by atoms with E-state index in [0.717, 1.165) is 11.3 Å². The molecule has 122 valence electrons. The van der Waals surface area contributed by atoms with Crippen molar-refractivity contribution in [1.82, 2.24) is 9.21 Å². The minimum absolute atomic E-state index is 0.0239. The summed E-state index contributed by atoms with van der Waals surface area (Å²) in [6.45, 7) is 2.64. The summed E-state index contributed by atoms with van der Waals surface area (Å²) in [7, 11) is -3.54. The van der Waals surface area contributed by atoms with E-state index in [4.69, 9.17) is 11.6 Å². The van der Waals surface area contributed by atoms with Crippen LogP contribution in [0.1, 0.15) is 19.8 Å². The predicted molar refractivity (Wildman–Crippen MR) is 84.6 cm³/mol. The number of carbonyl (C=O) groups excluding carboxylic acids is 2. The topological polar surface area (TPSA) is 74.8 Å². The van der Waals surface area contributed by atoms with Gasteiger partial charge in [0.25, 0.3) is 10.0 Å². The second-order valence-electron chi connectivity index (χ2n) is 5.05. The third-order valence-electron chi connectivity index (χ3n) is 3.42. The highest BCUT2D eigenvalue weighted by atomic mass is 35.5. The summed E-state index contributed by atoms with van der Waals surface area (Å²) in [5.41, 5.74) is 0. The molecule has 1 saturated heterocycles. The largest absolute Gasteiger partial charge is 0.340 e. The Morgan fingerprint density at radius 2 is 1.82 bits per heavy atom. The molecule has 2 heterocycles. The average molecular weight is 365 g/mol. The Balaban J connectivity index is 1.94. The highest BCUT2D eigenvalue weighted by molar-refractivity contribution is 7.91. The zero-order chi connectivity index (χ0) is 16.3. The second-order valence-corrected chi connectivity index (χ2v) is 8.93. The van der Waals surface area contributed by atoms with Crippen LogP contribution in [0.3, 0.4) is 0 Å². The first-order chi connectivity index (χ1) is 10.3. The van der Waals surface area contributed by atoms with E-state index in [9.17, 15) is 18.0 Å². The number of piperazine rings is 1. The number of thiophene rings is 1. The van der Waals surface area contributed by atoms with Crippen LogP contribution in [0.15, 0.2) is 16.3 Å². The van der Waals surface area contributed by atoms with Gasteiger partial charge in [-0.1, -0.05) is 11.6 Å². The fraction of sp³-hybridized carbons (Fsp3) is 0.538. The molecule has 0 N–H and O–H groups in total. The molecular weight excluding hydrogens is 348 g/mol. The van der Waals surface area contributed by atoms with Gasteiger partial charge in [0.1, 0.15) is 9.99 Å². The van der Waals surface area contributed by atoms with Crippen LogP contribution >= 0.6 is 22.9 Å². The quantitative estimate of drug-likeness (QED) is 0.795. The van der Waals surface area contributed by atoms with E-state index in [0.29, 0.717) is 17.4 Å². The monoisotopic (exact) mass is 364 g/mol. The lowest BCUT2D eigenvalue weighted by Gasteiger charge is -2.33. The number of hydrogen-bond acceptors (Lipinski definition) is 5. The minimum Gasteiger partial charge on any atom is -0.340 e. The number of carbonyl (C=O) groups is 2. The Morgan fingerprint density at radius 1 is 1.18 bits per heavy atom. The molecule has 0 aromatic carbocycles.